The zero-order valence-electron chi connectivity index (χ0n) is 30.3. The number of hydroxylamine groups is 1. The summed E-state index contributed by atoms with van der Waals surface area (Å²) in [6.07, 6.45) is 28.9. The molecular formula is C37H73NO8P+. The minimum Gasteiger partial charge on any atom is -0.393 e. The molecule has 0 aliphatic heterocycles. The summed E-state index contributed by atoms with van der Waals surface area (Å²) >= 11 is 0. The molecule has 47 heavy (non-hydrogen) atoms. The standard InChI is InChI=1S/C37H72NO8P/c1-3-5-7-9-11-13-15-17-19-21-23-25-27-29-34(40)37(42,36(33-39)46-38-31-32-45-47(43)44)35(41)30-28-26-24-22-20-18-16-14-12-10-8-6-4-2/h36,38-39,42H,3-33H2,1-2H3/p+1/t36-/m0/s1. The first kappa shape index (κ1) is 46.2. The van der Waals surface area contributed by atoms with E-state index in [0.717, 1.165) is 38.5 Å². The van der Waals surface area contributed by atoms with Gasteiger partial charge in [0, 0.05) is 24.0 Å². The van der Waals surface area contributed by atoms with Crippen LogP contribution < -0.4 is 5.48 Å². The van der Waals surface area contributed by atoms with Crippen molar-refractivity contribution >= 4 is 19.8 Å². The first-order chi connectivity index (χ1) is 22.8. The van der Waals surface area contributed by atoms with Crippen molar-refractivity contribution in [1.29, 1.82) is 0 Å². The number of rotatable bonds is 38. The van der Waals surface area contributed by atoms with Crippen molar-refractivity contribution in [2.24, 2.45) is 0 Å². The molecule has 0 aromatic rings. The maximum atomic E-state index is 13.3. The summed E-state index contributed by atoms with van der Waals surface area (Å²) in [4.78, 5) is 40.8. The normalized spacial score (nSPS) is 12.8. The summed E-state index contributed by atoms with van der Waals surface area (Å²) in [5.41, 5.74) is -0.00638. The molecule has 0 rings (SSSR count). The molecule has 0 aliphatic rings. The fourth-order valence-corrected chi connectivity index (χ4v) is 6.33. The van der Waals surface area contributed by atoms with E-state index in [4.69, 9.17) is 9.73 Å². The molecule has 0 saturated carbocycles. The van der Waals surface area contributed by atoms with E-state index in [-0.39, 0.29) is 26.0 Å². The van der Waals surface area contributed by atoms with Crippen LogP contribution in [0.15, 0.2) is 0 Å². The number of carbonyl (C=O) groups excluding carboxylic acids is 2. The number of unbranched alkanes of at least 4 members (excludes halogenated alkanes) is 24. The van der Waals surface area contributed by atoms with Crippen LogP contribution in [0.1, 0.15) is 194 Å². The Morgan fingerprint density at radius 1 is 0.617 bits per heavy atom. The molecule has 0 aromatic heterocycles. The second-order valence-electron chi connectivity index (χ2n) is 13.4. The van der Waals surface area contributed by atoms with Crippen LogP contribution in [-0.4, -0.2) is 58.1 Å². The monoisotopic (exact) mass is 691 g/mol. The van der Waals surface area contributed by atoms with Crippen LogP contribution in [0.5, 0.6) is 0 Å². The van der Waals surface area contributed by atoms with Gasteiger partial charge in [-0.15, -0.1) is 9.42 Å². The van der Waals surface area contributed by atoms with Crippen LogP contribution >= 0.6 is 8.25 Å². The van der Waals surface area contributed by atoms with Crippen molar-refractivity contribution in [3.05, 3.63) is 0 Å². The van der Waals surface area contributed by atoms with Crippen LogP contribution in [-0.2, 0) is 23.5 Å². The van der Waals surface area contributed by atoms with Crippen molar-refractivity contribution in [3.63, 3.8) is 0 Å². The van der Waals surface area contributed by atoms with E-state index in [1.165, 1.54) is 116 Å². The van der Waals surface area contributed by atoms with E-state index < -0.39 is 38.1 Å². The molecule has 4 N–H and O–H groups in total. The number of aliphatic hydroxyl groups is 2. The number of ketones is 2. The fourth-order valence-electron chi connectivity index (χ4n) is 6.08. The van der Waals surface area contributed by atoms with Crippen molar-refractivity contribution in [3.8, 4) is 0 Å². The summed E-state index contributed by atoms with van der Waals surface area (Å²) in [7, 11) is -2.77. The van der Waals surface area contributed by atoms with Crippen LogP contribution in [0.2, 0.25) is 0 Å². The quantitative estimate of drug-likeness (QED) is 0.0216. The van der Waals surface area contributed by atoms with Gasteiger partial charge in [0.05, 0.1) is 6.61 Å². The Morgan fingerprint density at radius 2 is 0.936 bits per heavy atom. The molecular weight excluding hydrogens is 617 g/mol. The van der Waals surface area contributed by atoms with E-state index in [1.54, 1.807) is 0 Å². The van der Waals surface area contributed by atoms with Crippen LogP contribution in [0, 0.1) is 0 Å². The molecule has 0 aliphatic carbocycles. The third-order valence-electron chi connectivity index (χ3n) is 9.13. The van der Waals surface area contributed by atoms with Crippen molar-refractivity contribution < 1.29 is 38.6 Å². The lowest BCUT2D eigenvalue weighted by Gasteiger charge is -2.32. The average molecular weight is 691 g/mol. The summed E-state index contributed by atoms with van der Waals surface area (Å²) in [6.45, 7) is 3.53. The molecule has 10 heteroatoms. The van der Waals surface area contributed by atoms with Gasteiger partial charge in [-0.2, -0.15) is 5.48 Å². The number of carbonyl (C=O) groups is 2. The molecule has 0 aromatic carbocycles. The van der Waals surface area contributed by atoms with Gasteiger partial charge in [-0.3, -0.25) is 14.4 Å². The second-order valence-corrected chi connectivity index (χ2v) is 14.1. The molecule has 9 nitrogen and oxygen atoms in total. The van der Waals surface area contributed by atoms with Gasteiger partial charge in [-0.25, -0.2) is 0 Å². The minimum absolute atomic E-state index is 0.0334. The molecule has 1 unspecified atom stereocenters. The Balaban J connectivity index is 4.59. The summed E-state index contributed by atoms with van der Waals surface area (Å²) < 4.78 is 15.3. The first-order valence-corrected chi connectivity index (χ1v) is 20.5. The van der Waals surface area contributed by atoms with E-state index in [1.807, 2.05) is 0 Å². The maximum Gasteiger partial charge on any atom is 0.694 e. The molecule has 0 heterocycles. The van der Waals surface area contributed by atoms with E-state index in [9.17, 15) is 24.4 Å². The molecule has 278 valence electrons. The Labute approximate surface area is 288 Å². The summed E-state index contributed by atoms with van der Waals surface area (Å²) in [6, 6.07) is 0. The molecule has 0 radical (unpaired) electrons. The SMILES string of the molecule is CCCCCCCCCCCCCCCC(=O)C(O)(C(=O)CCCCCCCCCCCCCCC)[C@H](CO)ONCCO[P+](=O)O. The highest BCUT2D eigenvalue weighted by Gasteiger charge is 2.50. The lowest BCUT2D eigenvalue weighted by molar-refractivity contribution is -0.183. The second kappa shape index (κ2) is 33.7. The lowest BCUT2D eigenvalue weighted by atomic mass is 9.82. The lowest BCUT2D eigenvalue weighted by Crippen LogP contribution is -2.59. The number of nitrogens with one attached hydrogen (secondary N) is 1. The third-order valence-corrected chi connectivity index (χ3v) is 9.53. The largest absolute Gasteiger partial charge is 0.694 e. The highest BCUT2D eigenvalue weighted by atomic mass is 31.1. The predicted molar refractivity (Wildman–Crippen MR) is 191 cm³/mol. The molecule has 0 spiro atoms. The topological polar surface area (TPSA) is 142 Å². The molecule has 0 bridgehead atoms. The van der Waals surface area contributed by atoms with Gasteiger partial charge >= 0.3 is 8.25 Å². The Bertz CT molecular complexity index is 712. The molecule has 2 atom stereocenters. The van der Waals surface area contributed by atoms with Gasteiger partial charge < -0.3 is 10.2 Å². The van der Waals surface area contributed by atoms with Gasteiger partial charge in [-0.1, -0.05) is 168 Å². The van der Waals surface area contributed by atoms with Gasteiger partial charge in [-0.05, 0) is 12.8 Å². The highest BCUT2D eigenvalue weighted by Crippen LogP contribution is 2.24. The van der Waals surface area contributed by atoms with Crippen molar-refractivity contribution in [2.45, 2.75) is 205 Å². The third kappa shape index (κ3) is 25.8. The van der Waals surface area contributed by atoms with Crippen LogP contribution in [0.25, 0.3) is 0 Å². The van der Waals surface area contributed by atoms with E-state index in [2.05, 4.69) is 23.9 Å². The van der Waals surface area contributed by atoms with Gasteiger partial charge in [0.15, 0.2) is 11.6 Å². The zero-order valence-corrected chi connectivity index (χ0v) is 31.2. The van der Waals surface area contributed by atoms with Crippen molar-refractivity contribution in [1.82, 2.24) is 5.48 Å². The fraction of sp³-hybridized carbons (Fsp3) is 0.946. The number of aliphatic hydroxyl groups excluding tert-OH is 1. The zero-order chi connectivity index (χ0) is 34.9. The average Bonchev–Trinajstić information content (AvgIpc) is 3.06. The number of hydrogen-bond donors (Lipinski definition) is 4. The van der Waals surface area contributed by atoms with Crippen molar-refractivity contribution in [2.75, 3.05) is 19.8 Å². The number of Topliss-reactive ketones (excluding diaryl/α,β-unsaturated/α-hetero) is 2. The van der Waals surface area contributed by atoms with E-state index in [0.29, 0.717) is 12.8 Å². The Hall–Kier alpha value is -0.800. The Kier molecular flexibility index (Phi) is 33.1. The smallest absolute Gasteiger partial charge is 0.393 e. The predicted octanol–water partition coefficient (Wildman–Crippen LogP) is 9.37. The first-order valence-electron chi connectivity index (χ1n) is 19.4. The van der Waals surface area contributed by atoms with Crippen LogP contribution in [0.3, 0.4) is 0 Å². The molecule has 0 fully saturated rings. The van der Waals surface area contributed by atoms with Gasteiger partial charge in [0.1, 0.15) is 12.7 Å². The van der Waals surface area contributed by atoms with E-state index >= 15 is 0 Å². The molecule has 0 amide bonds. The van der Waals surface area contributed by atoms with Gasteiger partial charge in [0.2, 0.25) is 5.60 Å². The highest BCUT2D eigenvalue weighted by molar-refractivity contribution is 7.32. The Morgan fingerprint density at radius 3 is 1.23 bits per heavy atom. The number of hydrogen-bond acceptors (Lipinski definition) is 8. The summed E-state index contributed by atoms with van der Waals surface area (Å²) in [5.74, 6) is -1.26. The maximum absolute atomic E-state index is 13.3. The molecule has 0 saturated heterocycles. The van der Waals surface area contributed by atoms with Crippen LogP contribution in [0.4, 0.5) is 0 Å². The summed E-state index contributed by atoms with van der Waals surface area (Å²) in [5, 5.41) is 21.5. The minimum atomic E-state index is -2.77. The van der Waals surface area contributed by atoms with Gasteiger partial charge in [0.25, 0.3) is 0 Å².